The highest BCUT2D eigenvalue weighted by Gasteiger charge is 2.48. The highest BCUT2D eigenvalue weighted by molar-refractivity contribution is 5.98. The van der Waals surface area contributed by atoms with Crippen LogP contribution in [0.5, 0.6) is 0 Å². The number of halogens is 3. The molecule has 6 N–H and O–H groups in total. The quantitative estimate of drug-likeness (QED) is 0.0542. The van der Waals surface area contributed by atoms with E-state index in [-0.39, 0.29) is 58.3 Å². The van der Waals surface area contributed by atoms with Gasteiger partial charge in [0.15, 0.2) is 0 Å². The molecule has 1 fully saturated rings. The lowest BCUT2D eigenvalue weighted by Gasteiger charge is -2.39. The number of primary amides is 1. The SMILES string of the molecule is COC(=O)C1CCN(CCCC(=O)N[C@H](C(=O)N[C@@H](CCCNC(N)=O)C(=O)Nc2ccc(CN=[N+]=[N-])cc2)C(C)C)C(C(F)(F)F)C1. The average Bonchev–Trinajstić information content (AvgIpc) is 3.03. The van der Waals surface area contributed by atoms with Gasteiger partial charge in [0.05, 0.1) is 19.6 Å². The van der Waals surface area contributed by atoms with E-state index in [9.17, 15) is 37.1 Å². The summed E-state index contributed by atoms with van der Waals surface area (Å²) in [6.45, 7) is 3.62. The Kier molecular flexibility index (Phi) is 15.9. The molecule has 1 heterocycles. The molecule has 48 heavy (non-hydrogen) atoms. The van der Waals surface area contributed by atoms with Crippen molar-refractivity contribution < 1.29 is 41.9 Å². The van der Waals surface area contributed by atoms with Gasteiger partial charge >= 0.3 is 18.2 Å². The number of piperidine rings is 1. The predicted octanol–water partition coefficient (Wildman–Crippen LogP) is 3.11. The van der Waals surface area contributed by atoms with Crippen LogP contribution in [0.3, 0.4) is 0 Å². The molecule has 15 nitrogen and oxygen atoms in total. The van der Waals surface area contributed by atoms with Crippen LogP contribution in [-0.2, 0) is 30.5 Å². The fourth-order valence-electron chi connectivity index (χ4n) is 5.31. The largest absolute Gasteiger partial charge is 0.469 e. The van der Waals surface area contributed by atoms with Crippen molar-refractivity contribution in [2.75, 3.05) is 32.1 Å². The number of nitrogens with zero attached hydrogens (tertiary/aromatic N) is 4. The van der Waals surface area contributed by atoms with Gasteiger partial charge in [-0.25, -0.2) is 4.79 Å². The van der Waals surface area contributed by atoms with Crippen LogP contribution >= 0.6 is 0 Å². The molecule has 5 amide bonds. The van der Waals surface area contributed by atoms with Crippen molar-refractivity contribution in [3.05, 3.63) is 40.3 Å². The number of amides is 5. The standard InChI is InChI=1S/C30H44F3N9O6/c1-18(2)25(40-24(43)7-5-14-42-15-12-20(28(46)48-3)16-23(42)30(31,32)33)27(45)39-22(6-4-13-36-29(34)47)26(44)38-21-10-8-19(9-11-21)17-37-41-35/h8-11,18,20,22-23,25H,4-7,12-17H2,1-3H3,(H,38,44)(H,39,45)(H,40,43)(H3,34,36,47)/t20?,22-,23?,25-/m0/s1. The number of anilines is 1. The van der Waals surface area contributed by atoms with Crippen molar-refractivity contribution in [3.63, 3.8) is 0 Å². The summed E-state index contributed by atoms with van der Waals surface area (Å²) in [6.07, 6.45) is -4.47. The second-order valence-electron chi connectivity index (χ2n) is 11.8. The third-order valence-electron chi connectivity index (χ3n) is 7.88. The first-order valence-electron chi connectivity index (χ1n) is 15.6. The Labute approximate surface area is 276 Å². The summed E-state index contributed by atoms with van der Waals surface area (Å²) in [6, 6.07) is 1.80. The molecule has 4 atom stereocenters. The van der Waals surface area contributed by atoms with E-state index in [2.05, 4.69) is 36.0 Å². The first-order chi connectivity index (χ1) is 22.7. The number of hydrogen-bond acceptors (Lipinski definition) is 8. The summed E-state index contributed by atoms with van der Waals surface area (Å²) in [4.78, 5) is 66.2. The minimum Gasteiger partial charge on any atom is -0.469 e. The molecule has 2 unspecified atom stereocenters. The highest BCUT2D eigenvalue weighted by Crippen LogP contribution is 2.35. The lowest BCUT2D eigenvalue weighted by atomic mass is 9.90. The van der Waals surface area contributed by atoms with Crippen molar-refractivity contribution in [1.82, 2.24) is 20.9 Å². The van der Waals surface area contributed by atoms with Gasteiger partial charge in [0.25, 0.3) is 0 Å². The van der Waals surface area contributed by atoms with Gasteiger partial charge in [0.2, 0.25) is 17.7 Å². The number of alkyl halides is 3. The molecular weight excluding hydrogens is 639 g/mol. The molecule has 1 aromatic rings. The Morgan fingerprint density at radius 1 is 1.10 bits per heavy atom. The van der Waals surface area contributed by atoms with Crippen molar-refractivity contribution in [3.8, 4) is 0 Å². The van der Waals surface area contributed by atoms with E-state index < -0.39 is 72.3 Å². The summed E-state index contributed by atoms with van der Waals surface area (Å²) in [5.74, 6) is -3.70. The van der Waals surface area contributed by atoms with E-state index in [0.29, 0.717) is 11.3 Å². The summed E-state index contributed by atoms with van der Waals surface area (Å²) >= 11 is 0. The Balaban J connectivity index is 2.02. The molecule has 1 aromatic carbocycles. The average molecular weight is 684 g/mol. The zero-order valence-corrected chi connectivity index (χ0v) is 27.2. The van der Waals surface area contributed by atoms with Crippen LogP contribution in [0.25, 0.3) is 10.4 Å². The minimum absolute atomic E-state index is 0.0148. The maximum absolute atomic E-state index is 13.8. The topological polar surface area (TPSA) is 221 Å². The lowest BCUT2D eigenvalue weighted by Crippen LogP contribution is -2.54. The fourth-order valence-corrected chi connectivity index (χ4v) is 5.31. The number of hydrogen-bond donors (Lipinski definition) is 5. The van der Waals surface area contributed by atoms with E-state index in [1.54, 1.807) is 38.1 Å². The lowest BCUT2D eigenvalue weighted by molar-refractivity contribution is -0.198. The number of ether oxygens (including phenoxy) is 1. The summed E-state index contributed by atoms with van der Waals surface area (Å²) in [5, 5.41) is 13.9. The number of urea groups is 1. The first-order valence-corrected chi connectivity index (χ1v) is 15.6. The summed E-state index contributed by atoms with van der Waals surface area (Å²) in [7, 11) is 1.14. The molecule has 1 saturated heterocycles. The number of nitrogens with one attached hydrogen (secondary N) is 4. The van der Waals surface area contributed by atoms with Gasteiger partial charge in [-0.2, -0.15) is 13.2 Å². The zero-order valence-electron chi connectivity index (χ0n) is 27.2. The molecular formula is C30H44F3N9O6. The fraction of sp³-hybridized carbons (Fsp3) is 0.633. The molecule has 1 aliphatic rings. The Morgan fingerprint density at radius 3 is 2.38 bits per heavy atom. The van der Waals surface area contributed by atoms with E-state index in [1.165, 1.54) is 4.90 Å². The van der Waals surface area contributed by atoms with E-state index >= 15 is 0 Å². The molecule has 1 aliphatic heterocycles. The number of rotatable bonds is 17. The van der Waals surface area contributed by atoms with Crippen LogP contribution < -0.4 is 27.0 Å². The van der Waals surface area contributed by atoms with Crippen molar-refractivity contribution in [1.29, 1.82) is 0 Å². The third-order valence-corrected chi connectivity index (χ3v) is 7.88. The number of carbonyl (C=O) groups excluding carboxylic acids is 5. The highest BCUT2D eigenvalue weighted by atomic mass is 19.4. The predicted molar refractivity (Wildman–Crippen MR) is 169 cm³/mol. The first kappa shape index (κ1) is 39.6. The number of carbonyl (C=O) groups is 5. The smallest absolute Gasteiger partial charge is 0.404 e. The Hall–Kier alpha value is -4.57. The molecule has 2 rings (SSSR count). The van der Waals surface area contributed by atoms with Crippen LogP contribution in [0.2, 0.25) is 0 Å². The summed E-state index contributed by atoms with van der Waals surface area (Å²) < 4.78 is 45.9. The molecule has 0 radical (unpaired) electrons. The van der Waals surface area contributed by atoms with Crippen molar-refractivity contribution in [2.45, 2.75) is 83.2 Å². The molecule has 0 saturated carbocycles. The maximum atomic E-state index is 13.8. The number of benzene rings is 1. The number of methoxy groups -OCH3 is 1. The summed E-state index contributed by atoms with van der Waals surface area (Å²) in [5.41, 5.74) is 14.7. The number of nitrogens with two attached hydrogens (primary N) is 1. The number of azide groups is 1. The number of esters is 1. The van der Waals surface area contributed by atoms with Crippen molar-refractivity contribution >= 4 is 35.4 Å². The molecule has 266 valence electrons. The van der Waals surface area contributed by atoms with Gasteiger partial charge in [-0.1, -0.05) is 31.1 Å². The van der Waals surface area contributed by atoms with Gasteiger partial charge in [-0.05, 0) is 74.3 Å². The van der Waals surface area contributed by atoms with Gasteiger partial charge in [-0.3, -0.25) is 24.1 Å². The van der Waals surface area contributed by atoms with Crippen LogP contribution in [0, 0.1) is 11.8 Å². The van der Waals surface area contributed by atoms with E-state index in [0.717, 1.165) is 7.11 Å². The molecule has 0 spiro atoms. The second-order valence-corrected chi connectivity index (χ2v) is 11.8. The number of likely N-dealkylation sites (tertiary alicyclic amines) is 1. The third kappa shape index (κ3) is 13.3. The zero-order chi connectivity index (χ0) is 35.9. The monoisotopic (exact) mass is 683 g/mol. The maximum Gasteiger partial charge on any atom is 0.404 e. The normalized spacial score (nSPS) is 17.7. The minimum atomic E-state index is -4.56. The molecule has 0 aromatic heterocycles. The van der Waals surface area contributed by atoms with Crippen LogP contribution in [0.4, 0.5) is 23.7 Å². The molecule has 18 heteroatoms. The van der Waals surface area contributed by atoms with E-state index in [1.807, 2.05) is 0 Å². The van der Waals surface area contributed by atoms with Crippen LogP contribution in [0.15, 0.2) is 29.4 Å². The van der Waals surface area contributed by atoms with Gasteiger partial charge in [-0.15, -0.1) is 0 Å². The molecule has 0 bridgehead atoms. The Morgan fingerprint density at radius 2 is 1.79 bits per heavy atom. The second kappa shape index (κ2) is 19.3. The van der Waals surface area contributed by atoms with Gasteiger partial charge in [0, 0.05) is 23.6 Å². The van der Waals surface area contributed by atoms with Crippen LogP contribution in [-0.4, -0.2) is 85.7 Å². The van der Waals surface area contributed by atoms with E-state index in [4.69, 9.17) is 11.3 Å². The Bertz CT molecular complexity index is 1310. The molecule has 0 aliphatic carbocycles. The van der Waals surface area contributed by atoms with Crippen molar-refractivity contribution in [2.24, 2.45) is 22.7 Å². The van der Waals surface area contributed by atoms with Gasteiger partial charge in [0.1, 0.15) is 18.1 Å². The van der Waals surface area contributed by atoms with Gasteiger partial charge < -0.3 is 31.7 Å². The van der Waals surface area contributed by atoms with Crippen LogP contribution in [0.1, 0.15) is 57.9 Å².